The Hall–Kier alpha value is -1.38. The normalized spacial score (nSPS) is 14.8. The van der Waals surface area contributed by atoms with Gasteiger partial charge in [0.15, 0.2) is 0 Å². The molecule has 76 valence electrons. The van der Waals surface area contributed by atoms with E-state index in [9.17, 15) is 10.2 Å². The summed E-state index contributed by atoms with van der Waals surface area (Å²) in [4.78, 5) is 0. The third-order valence-corrected chi connectivity index (χ3v) is 2.03. The smallest absolute Gasteiger partial charge is 0.109 e. The maximum Gasteiger partial charge on any atom is 0.109 e. The van der Waals surface area contributed by atoms with Gasteiger partial charge in [-0.25, -0.2) is 0 Å². The van der Waals surface area contributed by atoms with Crippen LogP contribution < -0.4 is 0 Å². The van der Waals surface area contributed by atoms with Crippen LogP contribution in [-0.2, 0) is 7.05 Å². The second-order valence-corrected chi connectivity index (χ2v) is 3.22. The molecular weight excluding hydrogens is 182 g/mol. The molecule has 1 aromatic heterocycles. The maximum atomic E-state index is 9.66. The molecule has 2 atom stereocenters. The molecule has 2 unspecified atom stereocenters. The number of aliphatic hydroxyl groups is 2. The molecule has 2 N–H and O–H groups in total. The van der Waals surface area contributed by atoms with Gasteiger partial charge in [0.25, 0.3) is 0 Å². The van der Waals surface area contributed by atoms with E-state index in [-0.39, 0.29) is 6.42 Å². The number of nitriles is 1. The first kappa shape index (κ1) is 10.7. The van der Waals surface area contributed by atoms with Crippen LogP contribution in [0.1, 0.15) is 23.8 Å². The van der Waals surface area contributed by atoms with E-state index in [0.717, 1.165) is 0 Å². The van der Waals surface area contributed by atoms with Crippen molar-refractivity contribution in [1.29, 1.82) is 5.26 Å². The van der Waals surface area contributed by atoms with Crippen LogP contribution in [0.4, 0.5) is 0 Å². The molecule has 5 heteroatoms. The first-order valence-electron chi connectivity index (χ1n) is 4.29. The van der Waals surface area contributed by atoms with Crippen LogP contribution in [0.15, 0.2) is 6.20 Å². The molecule has 0 amide bonds. The molecule has 0 saturated heterocycles. The molecule has 14 heavy (non-hydrogen) atoms. The first-order chi connectivity index (χ1) is 6.56. The third-order valence-electron chi connectivity index (χ3n) is 2.03. The summed E-state index contributed by atoms with van der Waals surface area (Å²) in [5.74, 6) is 0. The second-order valence-electron chi connectivity index (χ2n) is 3.22. The van der Waals surface area contributed by atoms with Crippen LogP contribution in [0.2, 0.25) is 0 Å². The number of aliphatic hydroxyl groups excluding tert-OH is 2. The molecule has 5 nitrogen and oxygen atoms in total. The van der Waals surface area contributed by atoms with E-state index in [4.69, 9.17) is 5.26 Å². The zero-order valence-corrected chi connectivity index (χ0v) is 8.18. The van der Waals surface area contributed by atoms with Gasteiger partial charge in [0.1, 0.15) is 6.10 Å². The topological polar surface area (TPSA) is 82.1 Å². The Morgan fingerprint density at radius 2 is 2.29 bits per heavy atom. The van der Waals surface area contributed by atoms with E-state index < -0.39 is 12.2 Å². The van der Waals surface area contributed by atoms with Crippen LogP contribution in [0.25, 0.3) is 0 Å². The number of aryl methyl sites for hydroxylation is 2. The number of nitrogens with zero attached hydrogens (tertiary/aromatic N) is 3. The standard InChI is InChI=1S/C9H13N3O2/c1-6-7(5-12(2)11-6)9(14)8(13)3-4-10/h5,8-9,13-14H,3H2,1-2H3. The molecular formula is C9H13N3O2. The molecule has 0 aliphatic rings. The van der Waals surface area contributed by atoms with Crippen LogP contribution in [0.5, 0.6) is 0 Å². The predicted octanol–water partition coefficient (Wildman–Crippen LogP) is 0.0365. The summed E-state index contributed by atoms with van der Waals surface area (Å²) in [5, 5.41) is 31.5. The van der Waals surface area contributed by atoms with Crippen LogP contribution in [0.3, 0.4) is 0 Å². The average Bonchev–Trinajstić information content (AvgIpc) is 2.44. The summed E-state index contributed by atoms with van der Waals surface area (Å²) in [6.45, 7) is 1.75. The van der Waals surface area contributed by atoms with Crippen molar-refractivity contribution in [2.75, 3.05) is 0 Å². The Kier molecular flexibility index (Phi) is 3.23. The second kappa shape index (κ2) is 4.22. The molecule has 0 fully saturated rings. The number of rotatable bonds is 3. The highest BCUT2D eigenvalue weighted by atomic mass is 16.3. The Morgan fingerprint density at radius 1 is 1.64 bits per heavy atom. The molecule has 0 aliphatic heterocycles. The van der Waals surface area contributed by atoms with E-state index >= 15 is 0 Å². The zero-order chi connectivity index (χ0) is 10.7. The van der Waals surface area contributed by atoms with E-state index in [0.29, 0.717) is 11.3 Å². The van der Waals surface area contributed by atoms with Gasteiger partial charge in [0.2, 0.25) is 0 Å². The fraction of sp³-hybridized carbons (Fsp3) is 0.556. The van der Waals surface area contributed by atoms with Crippen molar-refractivity contribution in [1.82, 2.24) is 9.78 Å². The van der Waals surface area contributed by atoms with Crippen molar-refractivity contribution in [3.63, 3.8) is 0 Å². The Labute approximate surface area is 82.2 Å². The number of hydrogen-bond donors (Lipinski definition) is 2. The predicted molar refractivity (Wildman–Crippen MR) is 49.1 cm³/mol. The van der Waals surface area contributed by atoms with Crippen LogP contribution in [0, 0.1) is 18.3 Å². The van der Waals surface area contributed by atoms with Gasteiger partial charge in [0.05, 0.1) is 24.3 Å². The molecule has 1 aromatic rings. The minimum absolute atomic E-state index is 0.0878. The lowest BCUT2D eigenvalue weighted by Gasteiger charge is -2.13. The van der Waals surface area contributed by atoms with E-state index in [1.165, 1.54) is 0 Å². The lowest BCUT2D eigenvalue weighted by Crippen LogP contribution is -2.17. The Morgan fingerprint density at radius 3 is 2.71 bits per heavy atom. The maximum absolute atomic E-state index is 9.66. The molecule has 0 bridgehead atoms. The molecule has 0 spiro atoms. The summed E-state index contributed by atoms with van der Waals surface area (Å²) in [6, 6.07) is 1.81. The van der Waals surface area contributed by atoms with Gasteiger partial charge >= 0.3 is 0 Å². The van der Waals surface area contributed by atoms with Crippen LogP contribution in [-0.4, -0.2) is 26.1 Å². The lowest BCUT2D eigenvalue weighted by molar-refractivity contribution is 0.0212. The highest BCUT2D eigenvalue weighted by Crippen LogP contribution is 2.20. The molecule has 1 rings (SSSR count). The van der Waals surface area contributed by atoms with Gasteiger partial charge < -0.3 is 10.2 Å². The highest BCUT2D eigenvalue weighted by Gasteiger charge is 2.21. The van der Waals surface area contributed by atoms with Gasteiger partial charge in [-0.2, -0.15) is 10.4 Å². The van der Waals surface area contributed by atoms with Crippen molar-refractivity contribution in [2.24, 2.45) is 7.05 Å². The fourth-order valence-corrected chi connectivity index (χ4v) is 1.32. The number of aromatic nitrogens is 2. The minimum Gasteiger partial charge on any atom is -0.389 e. The first-order valence-corrected chi connectivity index (χ1v) is 4.29. The van der Waals surface area contributed by atoms with Gasteiger partial charge in [-0.15, -0.1) is 0 Å². The van der Waals surface area contributed by atoms with E-state index in [1.54, 1.807) is 24.9 Å². The Balaban J connectivity index is 2.84. The van der Waals surface area contributed by atoms with Crippen molar-refractivity contribution in [2.45, 2.75) is 25.6 Å². The minimum atomic E-state index is -1.05. The lowest BCUT2D eigenvalue weighted by atomic mass is 10.0. The summed E-state index contributed by atoms with van der Waals surface area (Å²) in [7, 11) is 1.74. The van der Waals surface area contributed by atoms with Gasteiger partial charge in [-0.05, 0) is 6.92 Å². The average molecular weight is 195 g/mol. The third kappa shape index (κ3) is 2.10. The van der Waals surface area contributed by atoms with Crippen molar-refractivity contribution < 1.29 is 10.2 Å². The molecule has 0 aromatic carbocycles. The molecule has 0 saturated carbocycles. The molecule has 0 radical (unpaired) electrons. The highest BCUT2D eigenvalue weighted by molar-refractivity contribution is 5.19. The van der Waals surface area contributed by atoms with Gasteiger partial charge in [-0.3, -0.25) is 4.68 Å². The fourth-order valence-electron chi connectivity index (χ4n) is 1.32. The SMILES string of the molecule is Cc1nn(C)cc1C(O)C(O)CC#N. The summed E-state index contributed by atoms with van der Waals surface area (Å²) in [5.41, 5.74) is 1.23. The van der Waals surface area contributed by atoms with Crippen LogP contribution >= 0.6 is 0 Å². The van der Waals surface area contributed by atoms with E-state index in [2.05, 4.69) is 5.10 Å². The largest absolute Gasteiger partial charge is 0.389 e. The summed E-state index contributed by atoms with van der Waals surface area (Å²) in [6.07, 6.45) is -0.540. The monoisotopic (exact) mass is 195 g/mol. The van der Waals surface area contributed by atoms with Crippen molar-refractivity contribution >= 4 is 0 Å². The van der Waals surface area contributed by atoms with Crippen molar-refractivity contribution in [3.05, 3.63) is 17.5 Å². The zero-order valence-electron chi connectivity index (χ0n) is 8.18. The molecule has 0 aliphatic carbocycles. The Bertz CT molecular complexity index is 353. The summed E-state index contributed by atoms with van der Waals surface area (Å²) >= 11 is 0. The van der Waals surface area contributed by atoms with Crippen molar-refractivity contribution in [3.8, 4) is 6.07 Å². The van der Waals surface area contributed by atoms with Gasteiger partial charge in [0, 0.05) is 18.8 Å². The van der Waals surface area contributed by atoms with Gasteiger partial charge in [-0.1, -0.05) is 0 Å². The van der Waals surface area contributed by atoms with E-state index in [1.807, 2.05) is 6.07 Å². The molecule has 1 heterocycles. The summed E-state index contributed by atoms with van der Waals surface area (Å²) < 4.78 is 1.56. The number of hydrogen-bond acceptors (Lipinski definition) is 4. The quantitative estimate of drug-likeness (QED) is 0.713.